The van der Waals surface area contributed by atoms with Crippen molar-refractivity contribution in [3.63, 3.8) is 0 Å². The van der Waals surface area contributed by atoms with Gasteiger partial charge >= 0.3 is 0 Å². The first-order chi connectivity index (χ1) is 8.61. The van der Waals surface area contributed by atoms with Gasteiger partial charge in [-0.1, -0.05) is 12.8 Å². The monoisotopic (exact) mass is 248 g/mol. The van der Waals surface area contributed by atoms with Gasteiger partial charge in [0.05, 0.1) is 6.04 Å². The topological polar surface area (TPSA) is 40.6 Å². The smallest absolute Gasteiger partial charge is 0.247 e. The Morgan fingerprint density at radius 3 is 2.72 bits per heavy atom. The molecule has 18 heavy (non-hydrogen) atoms. The molecular weight excluding hydrogens is 228 g/mol. The summed E-state index contributed by atoms with van der Waals surface area (Å²) in [6, 6.07) is -0.960. The van der Waals surface area contributed by atoms with Crippen LogP contribution in [0.4, 0.5) is 0 Å². The van der Waals surface area contributed by atoms with Gasteiger partial charge in [0.25, 0.3) is 0 Å². The minimum atomic E-state index is -0.377. The van der Waals surface area contributed by atoms with E-state index in [1.54, 1.807) is 9.80 Å². The largest absolute Gasteiger partial charge is 0.329 e. The van der Waals surface area contributed by atoms with Crippen LogP contribution in [0.15, 0.2) is 0 Å². The molecule has 0 aromatic carbocycles. The average Bonchev–Trinajstić information content (AvgIpc) is 2.41. The molecule has 98 valence electrons. The van der Waals surface area contributed by atoms with Crippen LogP contribution >= 0.6 is 0 Å². The lowest BCUT2D eigenvalue weighted by Gasteiger charge is -2.48. The lowest BCUT2D eigenvalue weighted by Crippen LogP contribution is -2.67. The molecule has 0 radical (unpaired) electrons. The number of rotatable bonds is 2. The SMILES string of the molecule is C#CC(C)N1C(=O)C2CCCCN2C(=O)C1CC. The molecule has 0 N–H and O–H groups in total. The van der Waals surface area contributed by atoms with E-state index in [-0.39, 0.29) is 29.9 Å². The van der Waals surface area contributed by atoms with Crippen LogP contribution in [0.2, 0.25) is 0 Å². The lowest BCUT2D eigenvalue weighted by atomic mass is 9.93. The highest BCUT2D eigenvalue weighted by Gasteiger charge is 2.46. The summed E-state index contributed by atoms with van der Waals surface area (Å²) in [4.78, 5) is 28.3. The van der Waals surface area contributed by atoms with Crippen LogP contribution < -0.4 is 0 Å². The molecule has 0 bridgehead atoms. The van der Waals surface area contributed by atoms with Gasteiger partial charge < -0.3 is 9.80 Å². The number of carbonyl (C=O) groups excluding carboxylic acids is 2. The third-order valence-corrected chi connectivity index (χ3v) is 3.99. The predicted octanol–water partition coefficient (Wildman–Crippen LogP) is 1.01. The maximum atomic E-state index is 12.5. The molecule has 2 aliphatic heterocycles. The van der Waals surface area contributed by atoms with Gasteiger partial charge in [0.15, 0.2) is 0 Å². The molecule has 4 heteroatoms. The Labute approximate surface area is 108 Å². The van der Waals surface area contributed by atoms with E-state index in [0.717, 1.165) is 19.3 Å². The van der Waals surface area contributed by atoms with Gasteiger partial charge in [-0.3, -0.25) is 9.59 Å². The second kappa shape index (κ2) is 5.01. The number of nitrogens with zero attached hydrogens (tertiary/aromatic N) is 2. The van der Waals surface area contributed by atoms with Crippen LogP contribution in [0, 0.1) is 12.3 Å². The minimum Gasteiger partial charge on any atom is -0.329 e. The Morgan fingerprint density at radius 1 is 1.39 bits per heavy atom. The number of piperazine rings is 1. The van der Waals surface area contributed by atoms with Gasteiger partial charge in [0.2, 0.25) is 11.8 Å². The lowest BCUT2D eigenvalue weighted by molar-refractivity contribution is -0.165. The molecule has 0 aromatic heterocycles. The average molecular weight is 248 g/mol. The Hall–Kier alpha value is -1.50. The van der Waals surface area contributed by atoms with Gasteiger partial charge in [-0.2, -0.15) is 0 Å². The standard InChI is InChI=1S/C14H20N2O2/c1-4-10(3)16-11(5-2)13(17)15-9-7-6-8-12(15)14(16)18/h1,10-12H,5-9H2,2-3H3. The summed E-state index contributed by atoms with van der Waals surface area (Å²) in [6.07, 6.45) is 8.83. The summed E-state index contributed by atoms with van der Waals surface area (Å²) in [7, 11) is 0. The first kappa shape index (κ1) is 12.9. The van der Waals surface area contributed by atoms with Crippen LogP contribution in [-0.2, 0) is 9.59 Å². The summed E-state index contributed by atoms with van der Waals surface area (Å²) in [5, 5.41) is 0. The third-order valence-electron chi connectivity index (χ3n) is 3.99. The zero-order valence-electron chi connectivity index (χ0n) is 11.1. The van der Waals surface area contributed by atoms with E-state index in [2.05, 4.69) is 5.92 Å². The number of piperidine rings is 1. The number of amides is 2. The summed E-state index contributed by atoms with van der Waals surface area (Å²) in [6.45, 7) is 4.45. The molecular formula is C14H20N2O2. The maximum Gasteiger partial charge on any atom is 0.247 e. The van der Waals surface area contributed by atoms with Crippen molar-refractivity contribution in [3.05, 3.63) is 0 Å². The molecule has 2 heterocycles. The zero-order chi connectivity index (χ0) is 13.3. The summed E-state index contributed by atoms with van der Waals surface area (Å²) < 4.78 is 0. The minimum absolute atomic E-state index is 0.0339. The Kier molecular flexibility index (Phi) is 3.60. The first-order valence-corrected chi connectivity index (χ1v) is 6.70. The molecule has 2 saturated heterocycles. The van der Waals surface area contributed by atoms with E-state index in [1.165, 1.54) is 0 Å². The Bertz CT molecular complexity index is 399. The maximum absolute atomic E-state index is 12.5. The van der Waals surface area contributed by atoms with E-state index in [0.29, 0.717) is 13.0 Å². The predicted molar refractivity (Wildman–Crippen MR) is 68.6 cm³/mol. The normalized spacial score (nSPS) is 29.8. The van der Waals surface area contributed by atoms with Crippen molar-refractivity contribution in [2.24, 2.45) is 0 Å². The number of hydrogen-bond donors (Lipinski definition) is 0. The van der Waals surface area contributed by atoms with Crippen molar-refractivity contribution in [1.29, 1.82) is 0 Å². The van der Waals surface area contributed by atoms with Crippen molar-refractivity contribution < 1.29 is 9.59 Å². The van der Waals surface area contributed by atoms with Crippen molar-refractivity contribution in [2.45, 2.75) is 57.7 Å². The third kappa shape index (κ3) is 1.88. The van der Waals surface area contributed by atoms with E-state index in [9.17, 15) is 9.59 Å². The highest BCUT2D eigenvalue weighted by Crippen LogP contribution is 2.28. The number of hydrogen-bond acceptors (Lipinski definition) is 2. The second-order valence-electron chi connectivity index (χ2n) is 5.06. The molecule has 0 saturated carbocycles. The molecule has 2 fully saturated rings. The first-order valence-electron chi connectivity index (χ1n) is 6.70. The zero-order valence-corrected chi connectivity index (χ0v) is 11.1. The van der Waals surface area contributed by atoms with Gasteiger partial charge in [-0.05, 0) is 32.6 Å². The molecule has 2 amide bonds. The van der Waals surface area contributed by atoms with E-state index in [4.69, 9.17) is 6.42 Å². The molecule has 3 atom stereocenters. The van der Waals surface area contributed by atoms with Gasteiger partial charge in [0.1, 0.15) is 12.1 Å². The highest BCUT2D eigenvalue weighted by molar-refractivity contribution is 5.97. The second-order valence-corrected chi connectivity index (χ2v) is 5.06. The molecule has 3 unspecified atom stereocenters. The number of terminal acetylenes is 1. The molecule has 2 rings (SSSR count). The summed E-state index contributed by atoms with van der Waals surface area (Å²) in [5.74, 6) is 2.69. The summed E-state index contributed by atoms with van der Waals surface area (Å²) >= 11 is 0. The fourth-order valence-corrected chi connectivity index (χ4v) is 3.00. The van der Waals surface area contributed by atoms with Crippen LogP contribution in [0.25, 0.3) is 0 Å². The Morgan fingerprint density at radius 2 is 2.11 bits per heavy atom. The van der Waals surface area contributed by atoms with Crippen molar-refractivity contribution in [2.75, 3.05) is 6.54 Å². The molecule has 0 aliphatic carbocycles. The van der Waals surface area contributed by atoms with E-state index >= 15 is 0 Å². The number of carbonyl (C=O) groups is 2. The quantitative estimate of drug-likeness (QED) is 0.684. The van der Waals surface area contributed by atoms with Crippen LogP contribution in [0.1, 0.15) is 39.5 Å². The van der Waals surface area contributed by atoms with Crippen molar-refractivity contribution >= 4 is 11.8 Å². The van der Waals surface area contributed by atoms with Crippen molar-refractivity contribution in [3.8, 4) is 12.3 Å². The molecule has 0 aromatic rings. The Balaban J connectivity index is 2.33. The molecule has 0 spiro atoms. The fourth-order valence-electron chi connectivity index (χ4n) is 3.00. The van der Waals surface area contributed by atoms with Crippen LogP contribution in [0.5, 0.6) is 0 Å². The van der Waals surface area contributed by atoms with Gasteiger partial charge in [0, 0.05) is 6.54 Å². The van der Waals surface area contributed by atoms with Crippen LogP contribution in [-0.4, -0.2) is 46.3 Å². The van der Waals surface area contributed by atoms with Gasteiger partial charge in [-0.25, -0.2) is 0 Å². The van der Waals surface area contributed by atoms with Gasteiger partial charge in [-0.15, -0.1) is 6.42 Å². The van der Waals surface area contributed by atoms with Crippen molar-refractivity contribution in [1.82, 2.24) is 9.80 Å². The van der Waals surface area contributed by atoms with E-state index in [1.807, 2.05) is 13.8 Å². The molecule has 2 aliphatic rings. The van der Waals surface area contributed by atoms with E-state index < -0.39 is 0 Å². The molecule has 4 nitrogen and oxygen atoms in total. The summed E-state index contributed by atoms with van der Waals surface area (Å²) in [5.41, 5.74) is 0. The number of fused-ring (bicyclic) bond motifs is 1. The van der Waals surface area contributed by atoms with Crippen LogP contribution in [0.3, 0.4) is 0 Å². The fraction of sp³-hybridized carbons (Fsp3) is 0.714. The highest BCUT2D eigenvalue weighted by atomic mass is 16.2.